The van der Waals surface area contributed by atoms with E-state index in [1.807, 2.05) is 36.4 Å². The Morgan fingerprint density at radius 1 is 0.806 bits per heavy atom. The molecule has 2 nitrogen and oxygen atoms in total. The van der Waals surface area contributed by atoms with Crippen LogP contribution in [0.25, 0.3) is 0 Å². The van der Waals surface area contributed by atoms with E-state index < -0.39 is 5.60 Å². The van der Waals surface area contributed by atoms with Crippen molar-refractivity contribution in [3.05, 3.63) is 108 Å². The number of rotatable bonds is 4. The molecule has 0 amide bonds. The Hall–Kier alpha value is -2.86. The van der Waals surface area contributed by atoms with E-state index in [-0.39, 0.29) is 23.9 Å². The van der Waals surface area contributed by atoms with Gasteiger partial charge in [-0.25, -0.2) is 0 Å². The van der Waals surface area contributed by atoms with Gasteiger partial charge in [-0.15, -0.1) is 0 Å². The van der Waals surface area contributed by atoms with E-state index >= 15 is 0 Å². The van der Waals surface area contributed by atoms with Gasteiger partial charge in [-0.05, 0) is 18.6 Å². The lowest BCUT2D eigenvalue weighted by Crippen LogP contribution is -2.93. The molecule has 2 heteroatoms. The molecule has 1 fully saturated rings. The van der Waals surface area contributed by atoms with Gasteiger partial charge in [0.05, 0.1) is 11.8 Å². The molecule has 1 aliphatic heterocycles. The normalized spacial score (nSPS) is 27.8. The summed E-state index contributed by atoms with van der Waals surface area (Å²) < 4.78 is 0. The van der Waals surface area contributed by atoms with Gasteiger partial charge in [0.15, 0.2) is 0 Å². The van der Waals surface area contributed by atoms with E-state index in [0.29, 0.717) is 0 Å². The molecular weight excluding hydrogens is 378 g/mol. The maximum absolute atomic E-state index is 12.3. The predicted molar refractivity (Wildman–Crippen MR) is 126 cm³/mol. The van der Waals surface area contributed by atoms with Crippen LogP contribution >= 0.6 is 0 Å². The fourth-order valence-electron chi connectivity index (χ4n) is 5.11. The smallest absolute Gasteiger partial charge is 0.143 e. The third-order valence-electron chi connectivity index (χ3n) is 6.80. The molecule has 3 N–H and O–H groups in total. The molecule has 0 unspecified atom stereocenters. The molecule has 5 atom stereocenters. The van der Waals surface area contributed by atoms with Crippen LogP contribution in [0.15, 0.2) is 91.0 Å². The number of hydrogen-bond donors (Lipinski definition) is 2. The zero-order valence-corrected chi connectivity index (χ0v) is 18.4. The lowest BCUT2D eigenvalue weighted by Gasteiger charge is -2.48. The molecule has 158 valence electrons. The molecule has 1 heterocycles. The molecule has 3 aromatic rings. The monoisotopic (exact) mass is 410 g/mol. The minimum Gasteiger partial charge on any atom is -0.376 e. The number of piperidine rings is 1. The maximum atomic E-state index is 12.3. The van der Waals surface area contributed by atoms with Crippen LogP contribution in [-0.4, -0.2) is 10.7 Å². The number of aliphatic hydroxyl groups is 1. The van der Waals surface area contributed by atoms with Gasteiger partial charge in [0.1, 0.15) is 17.7 Å². The minimum atomic E-state index is -1.08. The molecule has 4 rings (SSSR count). The van der Waals surface area contributed by atoms with Crippen LogP contribution in [-0.2, 0) is 0 Å². The molecule has 1 aliphatic rings. The fraction of sp³-hybridized carbons (Fsp3) is 0.310. The largest absolute Gasteiger partial charge is 0.376 e. The van der Waals surface area contributed by atoms with Crippen LogP contribution in [0.2, 0.25) is 0 Å². The Bertz CT molecular complexity index is 1020. The molecule has 1 saturated heterocycles. The first-order chi connectivity index (χ1) is 15.1. The minimum absolute atomic E-state index is 0.0115. The lowest BCUT2D eigenvalue weighted by atomic mass is 9.64. The van der Waals surface area contributed by atoms with E-state index in [0.717, 1.165) is 18.4 Å². The van der Waals surface area contributed by atoms with Crippen molar-refractivity contribution in [3.63, 3.8) is 0 Å². The Morgan fingerprint density at radius 3 is 1.87 bits per heavy atom. The van der Waals surface area contributed by atoms with Crippen LogP contribution in [0.1, 0.15) is 55.5 Å². The third kappa shape index (κ3) is 4.44. The summed E-state index contributed by atoms with van der Waals surface area (Å²) in [5.41, 5.74) is 2.36. The number of nitrogens with two attached hydrogens (primary N) is 1. The summed E-state index contributed by atoms with van der Waals surface area (Å²) in [4.78, 5) is 0. The molecule has 0 saturated carbocycles. The zero-order valence-electron chi connectivity index (χ0n) is 18.4. The van der Waals surface area contributed by atoms with Gasteiger partial charge >= 0.3 is 0 Å². The quantitative estimate of drug-likeness (QED) is 0.591. The highest BCUT2D eigenvalue weighted by molar-refractivity contribution is 5.38. The Balaban J connectivity index is 1.82. The van der Waals surface area contributed by atoms with Crippen molar-refractivity contribution >= 4 is 0 Å². The zero-order chi connectivity index (χ0) is 21.7. The second-order valence-corrected chi connectivity index (χ2v) is 8.69. The average Bonchev–Trinajstić information content (AvgIpc) is 2.83. The Morgan fingerprint density at radius 2 is 1.32 bits per heavy atom. The number of quaternary nitrogens is 1. The first-order valence-electron chi connectivity index (χ1n) is 11.4. The summed E-state index contributed by atoms with van der Waals surface area (Å²) >= 11 is 0. The van der Waals surface area contributed by atoms with E-state index in [9.17, 15) is 5.11 Å². The van der Waals surface area contributed by atoms with Gasteiger partial charge in [0, 0.05) is 16.7 Å². The van der Waals surface area contributed by atoms with Gasteiger partial charge in [-0.3, -0.25) is 0 Å². The highest BCUT2D eigenvalue weighted by atomic mass is 16.3. The molecule has 31 heavy (non-hydrogen) atoms. The number of hydrogen-bond acceptors (Lipinski definition) is 1. The second-order valence-electron chi connectivity index (χ2n) is 8.69. The van der Waals surface area contributed by atoms with Crippen LogP contribution in [0.3, 0.4) is 0 Å². The third-order valence-corrected chi connectivity index (χ3v) is 6.80. The maximum Gasteiger partial charge on any atom is 0.143 e. The van der Waals surface area contributed by atoms with Crippen molar-refractivity contribution in [2.45, 2.75) is 44.4 Å². The summed E-state index contributed by atoms with van der Waals surface area (Å²) in [5.74, 6) is 6.72. The fourth-order valence-corrected chi connectivity index (χ4v) is 5.11. The van der Waals surface area contributed by atoms with E-state index in [2.05, 4.69) is 85.6 Å². The molecule has 0 aromatic heterocycles. The number of benzene rings is 3. The molecule has 0 aliphatic carbocycles. The van der Waals surface area contributed by atoms with Crippen molar-refractivity contribution < 1.29 is 10.4 Å². The topological polar surface area (TPSA) is 36.8 Å². The van der Waals surface area contributed by atoms with Gasteiger partial charge in [-0.1, -0.05) is 111 Å². The summed E-state index contributed by atoms with van der Waals surface area (Å²) in [6.45, 7) is 4.36. The Labute approximate surface area is 186 Å². The summed E-state index contributed by atoms with van der Waals surface area (Å²) in [5, 5.41) is 14.7. The SMILES string of the molecule is CCC[C@@H]1[C@H](c2ccccc2)[NH2+][C@@H](c2ccccc2)[C@@H](C)[C@@]1(O)C#Cc1ccccc1. The highest BCUT2D eigenvalue weighted by Crippen LogP contribution is 2.44. The molecule has 0 spiro atoms. The van der Waals surface area contributed by atoms with Crippen molar-refractivity contribution in [3.8, 4) is 11.8 Å². The van der Waals surface area contributed by atoms with Crippen molar-refractivity contribution in [2.24, 2.45) is 11.8 Å². The van der Waals surface area contributed by atoms with Crippen molar-refractivity contribution in [1.82, 2.24) is 0 Å². The van der Waals surface area contributed by atoms with Gasteiger partial charge in [-0.2, -0.15) is 0 Å². The van der Waals surface area contributed by atoms with Crippen LogP contribution in [0, 0.1) is 23.7 Å². The summed E-state index contributed by atoms with van der Waals surface area (Å²) in [7, 11) is 0. The first kappa shape index (κ1) is 21.4. The van der Waals surface area contributed by atoms with E-state index in [4.69, 9.17) is 0 Å². The lowest BCUT2D eigenvalue weighted by molar-refractivity contribution is -0.763. The van der Waals surface area contributed by atoms with Crippen molar-refractivity contribution in [1.29, 1.82) is 0 Å². The van der Waals surface area contributed by atoms with Crippen LogP contribution in [0.4, 0.5) is 0 Å². The molecule has 0 radical (unpaired) electrons. The van der Waals surface area contributed by atoms with Gasteiger partial charge in [0.2, 0.25) is 0 Å². The average molecular weight is 411 g/mol. The van der Waals surface area contributed by atoms with Gasteiger partial charge < -0.3 is 10.4 Å². The molecule has 3 aromatic carbocycles. The summed E-state index contributed by atoms with van der Waals surface area (Å²) in [6, 6.07) is 31.5. The molecule has 0 bridgehead atoms. The highest BCUT2D eigenvalue weighted by Gasteiger charge is 2.55. The first-order valence-corrected chi connectivity index (χ1v) is 11.4. The predicted octanol–water partition coefficient (Wildman–Crippen LogP) is 4.88. The standard InChI is InChI=1S/C29H31NO/c1-3-13-26-28(25-18-11-6-12-19-25)30-27(24-16-9-5-10-17-24)22(2)29(26,31)21-20-23-14-7-4-8-15-23/h4-12,14-19,22,26-28,30-31H,3,13H2,1-2H3/p+1/t22-,26-,27-,28+,29+/m1/s1. The molecular formula is C29H32NO+. The van der Waals surface area contributed by atoms with E-state index in [1.165, 1.54) is 11.1 Å². The Kier molecular flexibility index (Phi) is 6.56. The van der Waals surface area contributed by atoms with E-state index in [1.54, 1.807) is 0 Å². The van der Waals surface area contributed by atoms with Crippen LogP contribution < -0.4 is 5.32 Å². The van der Waals surface area contributed by atoms with Gasteiger partial charge in [0.25, 0.3) is 0 Å². The van der Waals surface area contributed by atoms with Crippen molar-refractivity contribution in [2.75, 3.05) is 0 Å². The second kappa shape index (κ2) is 9.52. The van der Waals surface area contributed by atoms with Crippen LogP contribution in [0.5, 0.6) is 0 Å². The summed E-state index contributed by atoms with van der Waals surface area (Å²) in [6.07, 6.45) is 1.95.